The maximum atomic E-state index is 10.2. The molecule has 1 unspecified atom stereocenters. The van der Waals surface area contributed by atoms with Gasteiger partial charge in [0.25, 0.3) is 0 Å². The number of hydrogen-bond donors (Lipinski definition) is 2. The van der Waals surface area contributed by atoms with E-state index in [0.29, 0.717) is 0 Å². The van der Waals surface area contributed by atoms with E-state index < -0.39 is 15.6 Å². The van der Waals surface area contributed by atoms with Gasteiger partial charge in [0.2, 0.25) is 0 Å². The summed E-state index contributed by atoms with van der Waals surface area (Å²) in [6.07, 6.45) is 0. The van der Waals surface area contributed by atoms with Gasteiger partial charge in [-0.15, -0.1) is 0 Å². The molecule has 0 aliphatic rings. The molecule has 0 rings (SSSR count). The van der Waals surface area contributed by atoms with Gasteiger partial charge in [-0.2, -0.15) is 12.0 Å². The van der Waals surface area contributed by atoms with E-state index in [2.05, 4.69) is 16.5 Å². The summed E-state index contributed by atoms with van der Waals surface area (Å²) < 4.78 is 23.9. The summed E-state index contributed by atoms with van der Waals surface area (Å²) in [7, 11) is -3.82. The molecule has 0 heterocycles. The monoisotopic (exact) mass is 182 g/mol. The first-order valence-corrected chi connectivity index (χ1v) is 3.59. The van der Waals surface area contributed by atoms with Gasteiger partial charge < -0.3 is 5.11 Å². The Labute approximate surface area is 81.6 Å². The number of hydrogen-bond acceptors (Lipinski definition) is 5. The molecule has 4 nitrogen and oxygen atoms in total. The predicted molar refractivity (Wildman–Crippen MR) is 37.8 cm³/mol. The van der Waals surface area contributed by atoms with Gasteiger partial charge in [0, 0.05) is 0 Å². The number of aliphatic hydroxyl groups is 1. The summed E-state index contributed by atoms with van der Waals surface area (Å²) in [5, 5.41) is 8.32. The second kappa shape index (κ2) is 4.95. The zero-order valence-corrected chi connectivity index (χ0v) is 5.82. The summed E-state index contributed by atoms with van der Waals surface area (Å²) in [4.78, 5) is 0. The molecule has 1 N–H and O–H groups in total. The van der Waals surface area contributed by atoms with Crippen LogP contribution in [0.25, 0.3) is 0 Å². The third kappa shape index (κ3) is 4.60. The van der Waals surface area contributed by atoms with Gasteiger partial charge in [0.05, 0.1) is 0 Å². The minimum absolute atomic E-state index is 0. The van der Waals surface area contributed by atoms with Crippen molar-refractivity contribution in [2.24, 2.45) is 0 Å². The molecule has 7 heteroatoms. The fourth-order valence-corrected chi connectivity index (χ4v) is 0.561. The van der Waals surface area contributed by atoms with Gasteiger partial charge >= 0.3 is 39.7 Å². The third-order valence-electron chi connectivity index (χ3n) is 0.522. The van der Waals surface area contributed by atoms with Crippen molar-refractivity contribution in [1.29, 1.82) is 0 Å². The Balaban J connectivity index is 0. The van der Waals surface area contributed by atoms with Crippen LogP contribution in [0.3, 0.4) is 0 Å². The standard InChI is InChI=1S/C2H6O4S2.Na.H/c1-2(3)8(4,5)6-7;;/h2-3,7H,1H3;;. The van der Waals surface area contributed by atoms with Crippen LogP contribution in [-0.4, -0.2) is 48.5 Å². The summed E-state index contributed by atoms with van der Waals surface area (Å²) in [6, 6.07) is 0. The molecule has 0 bridgehead atoms. The Morgan fingerprint density at radius 3 is 2.00 bits per heavy atom. The van der Waals surface area contributed by atoms with E-state index in [1.807, 2.05) is 0 Å². The first kappa shape index (κ1) is 12.9. The number of thiol groups is 1. The fraction of sp³-hybridized carbons (Fsp3) is 1.00. The molecular formula is C2H7NaO4S2. The van der Waals surface area contributed by atoms with Crippen molar-refractivity contribution in [2.45, 2.75) is 12.4 Å². The predicted octanol–water partition coefficient (Wildman–Crippen LogP) is -1.13. The van der Waals surface area contributed by atoms with Crippen molar-refractivity contribution < 1.29 is 17.2 Å². The van der Waals surface area contributed by atoms with Gasteiger partial charge in [-0.1, -0.05) is 0 Å². The molecule has 0 aliphatic heterocycles. The SMILES string of the molecule is CC(O)S(=O)(=O)OS.[NaH]. The van der Waals surface area contributed by atoms with E-state index >= 15 is 0 Å². The average Bonchev–Trinajstić information content (AvgIpc) is 1.67. The topological polar surface area (TPSA) is 63.6 Å². The van der Waals surface area contributed by atoms with Crippen LogP contribution >= 0.6 is 12.9 Å². The molecule has 0 fully saturated rings. The summed E-state index contributed by atoms with van der Waals surface area (Å²) in [6.45, 7) is 1.07. The van der Waals surface area contributed by atoms with Crippen LogP contribution in [0.1, 0.15) is 6.92 Å². The molecule has 0 radical (unpaired) electrons. The maximum absolute atomic E-state index is 10.2. The van der Waals surface area contributed by atoms with Crippen molar-refractivity contribution >= 4 is 52.6 Å². The number of aliphatic hydroxyl groups excluding tert-OH is 1. The Kier molecular flexibility index (Phi) is 7.07. The number of rotatable bonds is 2. The molecule has 1 atom stereocenters. The second-order valence-corrected chi connectivity index (χ2v) is 3.43. The quantitative estimate of drug-likeness (QED) is 0.322. The molecule has 0 saturated heterocycles. The fourth-order valence-electron chi connectivity index (χ4n) is 0.0623. The summed E-state index contributed by atoms with van der Waals surface area (Å²) in [5.74, 6) is 0. The van der Waals surface area contributed by atoms with Gasteiger partial charge in [0.1, 0.15) is 0 Å². The Morgan fingerprint density at radius 2 is 2.00 bits per heavy atom. The molecule has 0 aromatic heterocycles. The van der Waals surface area contributed by atoms with Crippen molar-refractivity contribution in [2.75, 3.05) is 0 Å². The Bertz CT molecular complexity index is 150. The van der Waals surface area contributed by atoms with Crippen LogP contribution in [0.2, 0.25) is 0 Å². The van der Waals surface area contributed by atoms with E-state index in [1.165, 1.54) is 0 Å². The van der Waals surface area contributed by atoms with Crippen LogP contribution in [0.4, 0.5) is 0 Å². The van der Waals surface area contributed by atoms with Crippen LogP contribution in [0.15, 0.2) is 0 Å². The average molecular weight is 182 g/mol. The van der Waals surface area contributed by atoms with Crippen LogP contribution in [0.5, 0.6) is 0 Å². The van der Waals surface area contributed by atoms with Crippen LogP contribution < -0.4 is 0 Å². The van der Waals surface area contributed by atoms with Crippen molar-refractivity contribution in [3.05, 3.63) is 0 Å². The molecule has 0 aliphatic carbocycles. The molecule has 52 valence electrons. The zero-order chi connectivity index (χ0) is 6.78. The summed E-state index contributed by atoms with van der Waals surface area (Å²) in [5.41, 5.74) is -1.51. The Morgan fingerprint density at radius 1 is 1.67 bits per heavy atom. The van der Waals surface area contributed by atoms with E-state index in [-0.39, 0.29) is 29.6 Å². The third-order valence-corrected chi connectivity index (χ3v) is 2.19. The van der Waals surface area contributed by atoms with Crippen molar-refractivity contribution in [3.63, 3.8) is 0 Å². The summed E-state index contributed by atoms with van der Waals surface area (Å²) >= 11 is 2.99. The second-order valence-electron chi connectivity index (χ2n) is 1.17. The van der Waals surface area contributed by atoms with Crippen LogP contribution in [0, 0.1) is 0 Å². The van der Waals surface area contributed by atoms with Gasteiger partial charge in [0.15, 0.2) is 5.44 Å². The molecule has 0 amide bonds. The molecule has 0 spiro atoms. The van der Waals surface area contributed by atoms with Gasteiger partial charge in [-0.05, 0) is 19.8 Å². The van der Waals surface area contributed by atoms with E-state index in [0.717, 1.165) is 6.92 Å². The minimum atomic E-state index is -3.82. The molecule has 0 aromatic carbocycles. The van der Waals surface area contributed by atoms with E-state index in [9.17, 15) is 8.42 Å². The van der Waals surface area contributed by atoms with Gasteiger partial charge in [-0.25, -0.2) is 0 Å². The Hall–Kier alpha value is 1.22. The zero-order valence-electron chi connectivity index (χ0n) is 4.10. The first-order chi connectivity index (χ1) is 3.50. The van der Waals surface area contributed by atoms with E-state index in [4.69, 9.17) is 5.11 Å². The molecule has 0 saturated carbocycles. The first-order valence-electron chi connectivity index (χ1n) is 1.75. The normalized spacial score (nSPS) is 14.1. The molecule has 0 aromatic rings. The van der Waals surface area contributed by atoms with Gasteiger partial charge in [-0.3, -0.25) is 0 Å². The molecular weight excluding hydrogens is 175 g/mol. The van der Waals surface area contributed by atoms with Crippen molar-refractivity contribution in [3.8, 4) is 0 Å². The van der Waals surface area contributed by atoms with Crippen molar-refractivity contribution in [1.82, 2.24) is 0 Å². The molecule has 9 heavy (non-hydrogen) atoms. The van der Waals surface area contributed by atoms with Crippen LogP contribution in [-0.2, 0) is 13.7 Å². The van der Waals surface area contributed by atoms with E-state index in [1.54, 1.807) is 0 Å².